The topological polar surface area (TPSA) is 64.2 Å². The Morgan fingerprint density at radius 2 is 1.83 bits per heavy atom. The average molecular weight is 476 g/mol. The highest BCUT2D eigenvalue weighted by Gasteiger charge is 2.34. The molecular formula is C27H37N7O. The van der Waals surface area contributed by atoms with E-state index in [4.69, 9.17) is 9.72 Å². The Hall–Kier alpha value is -2.87. The van der Waals surface area contributed by atoms with Gasteiger partial charge in [-0.3, -0.25) is 0 Å². The number of piperidine rings is 1. The zero-order valence-electron chi connectivity index (χ0n) is 21.4. The minimum atomic E-state index is 0.226. The number of anilines is 1. The summed E-state index contributed by atoms with van der Waals surface area (Å²) in [7, 11) is 2.25. The number of aromatic nitrogens is 5. The normalized spacial score (nSPS) is 21.2. The van der Waals surface area contributed by atoms with Crippen molar-refractivity contribution in [2.75, 3.05) is 38.2 Å². The van der Waals surface area contributed by atoms with E-state index in [0.717, 1.165) is 53.5 Å². The van der Waals surface area contributed by atoms with Crippen molar-refractivity contribution >= 4 is 5.69 Å². The number of imidazole rings is 1. The second-order valence-electron chi connectivity index (χ2n) is 10.7. The van der Waals surface area contributed by atoms with Crippen molar-refractivity contribution in [3.8, 4) is 28.7 Å². The lowest BCUT2D eigenvalue weighted by Gasteiger charge is -2.38. The number of hydrogen-bond donors (Lipinski definition) is 0. The number of nitrogens with zero attached hydrogens (tertiary/aromatic N) is 7. The van der Waals surface area contributed by atoms with Gasteiger partial charge in [0, 0.05) is 36.6 Å². The third kappa shape index (κ3) is 4.11. The molecule has 1 unspecified atom stereocenters. The lowest BCUT2D eigenvalue weighted by molar-refractivity contribution is 0.199. The Labute approximate surface area is 207 Å². The predicted molar refractivity (Wildman–Crippen MR) is 138 cm³/mol. The van der Waals surface area contributed by atoms with Crippen LogP contribution in [0.2, 0.25) is 0 Å². The second-order valence-corrected chi connectivity index (χ2v) is 10.7. The molecule has 35 heavy (non-hydrogen) atoms. The van der Waals surface area contributed by atoms with E-state index in [9.17, 15) is 0 Å². The third-order valence-electron chi connectivity index (χ3n) is 7.97. The first kappa shape index (κ1) is 22.6. The zero-order valence-corrected chi connectivity index (χ0v) is 21.4. The Bertz CT molecular complexity index is 1200. The molecular weight excluding hydrogens is 438 g/mol. The van der Waals surface area contributed by atoms with Gasteiger partial charge in [0.25, 0.3) is 0 Å². The number of aryl methyl sites for hydroxylation is 1. The van der Waals surface area contributed by atoms with E-state index in [0.29, 0.717) is 12.6 Å². The minimum absolute atomic E-state index is 0.226. The molecule has 1 aromatic carbocycles. The molecule has 3 aromatic rings. The summed E-state index contributed by atoms with van der Waals surface area (Å²) in [5.74, 6) is 4.28. The van der Waals surface area contributed by atoms with Crippen molar-refractivity contribution in [3.63, 3.8) is 0 Å². The van der Waals surface area contributed by atoms with Crippen molar-refractivity contribution < 1.29 is 4.74 Å². The van der Waals surface area contributed by atoms with Crippen molar-refractivity contribution in [3.05, 3.63) is 30.2 Å². The first-order valence-corrected chi connectivity index (χ1v) is 13.2. The van der Waals surface area contributed by atoms with Crippen LogP contribution in [0.1, 0.15) is 51.4 Å². The fourth-order valence-electron chi connectivity index (χ4n) is 6.14. The van der Waals surface area contributed by atoms with Gasteiger partial charge < -0.3 is 19.1 Å². The van der Waals surface area contributed by atoms with Gasteiger partial charge in [0.1, 0.15) is 29.7 Å². The maximum Gasteiger partial charge on any atom is 0.178 e. The molecule has 2 aromatic heterocycles. The maximum atomic E-state index is 6.27. The summed E-state index contributed by atoms with van der Waals surface area (Å²) in [4.78, 5) is 14.8. The van der Waals surface area contributed by atoms with Gasteiger partial charge in [-0.05, 0) is 84.6 Å². The van der Waals surface area contributed by atoms with Gasteiger partial charge in [-0.1, -0.05) is 0 Å². The highest BCUT2D eigenvalue weighted by Crippen LogP contribution is 2.40. The molecule has 3 aliphatic rings. The molecule has 8 heteroatoms. The third-order valence-corrected chi connectivity index (χ3v) is 7.97. The van der Waals surface area contributed by atoms with Gasteiger partial charge in [0.2, 0.25) is 0 Å². The molecule has 0 amide bonds. The van der Waals surface area contributed by atoms with Gasteiger partial charge in [-0.25, -0.2) is 14.6 Å². The van der Waals surface area contributed by atoms with Crippen LogP contribution in [0.15, 0.2) is 24.4 Å². The molecule has 8 nitrogen and oxygen atoms in total. The maximum absolute atomic E-state index is 6.27. The van der Waals surface area contributed by atoms with Crippen LogP contribution in [-0.4, -0.2) is 68.5 Å². The lowest BCUT2D eigenvalue weighted by atomic mass is 9.88. The molecule has 1 atom stereocenters. The van der Waals surface area contributed by atoms with Gasteiger partial charge in [0.05, 0.1) is 12.1 Å². The van der Waals surface area contributed by atoms with E-state index in [1.54, 1.807) is 0 Å². The van der Waals surface area contributed by atoms with Gasteiger partial charge in [-0.15, -0.1) is 0 Å². The molecule has 3 aliphatic heterocycles. The quantitative estimate of drug-likeness (QED) is 0.557. The Kier molecular flexibility index (Phi) is 5.79. The highest BCUT2D eigenvalue weighted by molar-refractivity contribution is 5.72. The SMILES string of the molecule is Cc1nc(-c2cn3c(n2)-c2ccc(N4CCCC4C4CCN(C)CC4)cc2OCC3)n(C(C)C)n1. The van der Waals surface area contributed by atoms with E-state index in [-0.39, 0.29) is 6.04 Å². The zero-order chi connectivity index (χ0) is 24.1. The summed E-state index contributed by atoms with van der Waals surface area (Å²) in [5, 5.41) is 4.58. The van der Waals surface area contributed by atoms with Crippen LogP contribution >= 0.6 is 0 Å². The van der Waals surface area contributed by atoms with Crippen LogP contribution in [0.25, 0.3) is 22.9 Å². The number of likely N-dealkylation sites (tertiary alicyclic amines) is 1. The summed E-state index contributed by atoms with van der Waals surface area (Å²) in [5.41, 5.74) is 3.22. The minimum Gasteiger partial charge on any atom is -0.491 e. The van der Waals surface area contributed by atoms with E-state index in [2.05, 4.69) is 69.7 Å². The molecule has 2 saturated heterocycles. The molecule has 0 spiro atoms. The van der Waals surface area contributed by atoms with Crippen LogP contribution < -0.4 is 9.64 Å². The van der Waals surface area contributed by atoms with Crippen LogP contribution in [-0.2, 0) is 6.54 Å². The summed E-state index contributed by atoms with van der Waals surface area (Å²) >= 11 is 0. The average Bonchev–Trinajstić information content (AvgIpc) is 3.56. The van der Waals surface area contributed by atoms with Crippen molar-refractivity contribution in [1.29, 1.82) is 0 Å². The van der Waals surface area contributed by atoms with E-state index in [1.807, 2.05) is 11.6 Å². The fourth-order valence-corrected chi connectivity index (χ4v) is 6.14. The summed E-state index contributed by atoms with van der Waals surface area (Å²) in [6.07, 6.45) is 7.29. The second kappa shape index (κ2) is 8.97. The molecule has 5 heterocycles. The first-order chi connectivity index (χ1) is 17.0. The molecule has 0 aliphatic carbocycles. The monoisotopic (exact) mass is 475 g/mol. The number of ether oxygens (including phenoxy) is 1. The van der Waals surface area contributed by atoms with Crippen molar-refractivity contribution in [1.82, 2.24) is 29.2 Å². The van der Waals surface area contributed by atoms with Crippen LogP contribution in [0.3, 0.4) is 0 Å². The van der Waals surface area contributed by atoms with Crippen LogP contribution in [0.5, 0.6) is 5.75 Å². The molecule has 2 fully saturated rings. The van der Waals surface area contributed by atoms with Crippen LogP contribution in [0, 0.1) is 12.8 Å². The Morgan fingerprint density at radius 3 is 2.63 bits per heavy atom. The standard InChI is InChI=1S/C27H37N7O/c1-18(2)34-27(28-19(3)30-34)23-17-32-14-15-35-25-16-21(7-8-22(25)26(32)29-23)33-11-5-6-24(33)20-9-12-31(4)13-10-20/h7-8,16-18,20,24H,5-6,9-15H2,1-4H3. The van der Waals surface area contributed by atoms with E-state index >= 15 is 0 Å². The predicted octanol–water partition coefficient (Wildman–Crippen LogP) is 4.40. The van der Waals surface area contributed by atoms with Gasteiger partial charge in [-0.2, -0.15) is 5.10 Å². The summed E-state index contributed by atoms with van der Waals surface area (Å²) < 4.78 is 10.4. The Balaban J connectivity index is 1.32. The molecule has 0 saturated carbocycles. The smallest absolute Gasteiger partial charge is 0.178 e. The van der Waals surface area contributed by atoms with Crippen molar-refractivity contribution in [2.45, 2.75) is 65.1 Å². The number of benzene rings is 1. The highest BCUT2D eigenvalue weighted by atomic mass is 16.5. The van der Waals surface area contributed by atoms with Gasteiger partial charge >= 0.3 is 0 Å². The van der Waals surface area contributed by atoms with Crippen molar-refractivity contribution in [2.24, 2.45) is 5.92 Å². The summed E-state index contributed by atoms with van der Waals surface area (Å²) in [6, 6.07) is 7.62. The van der Waals surface area contributed by atoms with Crippen LogP contribution in [0.4, 0.5) is 5.69 Å². The molecule has 0 radical (unpaired) electrons. The largest absolute Gasteiger partial charge is 0.491 e. The van der Waals surface area contributed by atoms with E-state index in [1.165, 1.54) is 44.5 Å². The first-order valence-electron chi connectivity index (χ1n) is 13.2. The molecule has 0 N–H and O–H groups in total. The lowest BCUT2D eigenvalue weighted by Crippen LogP contribution is -2.41. The number of hydrogen-bond acceptors (Lipinski definition) is 6. The molecule has 186 valence electrons. The van der Waals surface area contributed by atoms with E-state index < -0.39 is 0 Å². The number of rotatable bonds is 4. The molecule has 6 rings (SSSR count). The fraction of sp³-hybridized carbons (Fsp3) is 0.593. The molecule has 0 bridgehead atoms. The number of fused-ring (bicyclic) bond motifs is 3. The van der Waals surface area contributed by atoms with Gasteiger partial charge in [0.15, 0.2) is 5.82 Å². The summed E-state index contributed by atoms with van der Waals surface area (Å²) in [6.45, 7) is 11.2. The Morgan fingerprint density at radius 1 is 1.00 bits per heavy atom.